The highest BCUT2D eigenvalue weighted by Crippen LogP contribution is 2.30. The van der Waals surface area contributed by atoms with Crippen molar-refractivity contribution in [1.29, 1.82) is 0 Å². The average Bonchev–Trinajstić information content (AvgIpc) is 2.66. The first-order valence-corrected chi connectivity index (χ1v) is 8.77. The summed E-state index contributed by atoms with van der Waals surface area (Å²) in [5.41, 5.74) is 0.823. The fourth-order valence-electron chi connectivity index (χ4n) is 2.23. The molecule has 0 spiro atoms. The van der Waals surface area contributed by atoms with Crippen molar-refractivity contribution >= 4 is 29.9 Å². The summed E-state index contributed by atoms with van der Waals surface area (Å²) in [6, 6.07) is 10.8. The molecule has 0 unspecified atom stereocenters. The van der Waals surface area contributed by atoms with E-state index in [9.17, 15) is 13.2 Å². The van der Waals surface area contributed by atoms with E-state index in [0.29, 0.717) is 30.5 Å². The van der Waals surface area contributed by atoms with Gasteiger partial charge < -0.3 is 20.1 Å². The summed E-state index contributed by atoms with van der Waals surface area (Å²) in [5.74, 6) is 1.89. The third kappa shape index (κ3) is 9.20. The van der Waals surface area contributed by atoms with Crippen LogP contribution in [0.2, 0.25) is 0 Å². The van der Waals surface area contributed by atoms with Crippen molar-refractivity contribution in [3.05, 3.63) is 48.2 Å². The van der Waals surface area contributed by atoms with Crippen molar-refractivity contribution in [1.82, 2.24) is 15.6 Å². The molecule has 1 aromatic heterocycles. The normalized spacial score (nSPS) is 11.4. The Kier molecular flexibility index (Phi) is 10.6. The predicted octanol–water partition coefficient (Wildman–Crippen LogP) is 4.51. The van der Waals surface area contributed by atoms with Crippen LogP contribution in [0.1, 0.15) is 18.9 Å². The molecule has 0 aliphatic carbocycles. The van der Waals surface area contributed by atoms with E-state index >= 15 is 0 Å². The van der Waals surface area contributed by atoms with Gasteiger partial charge in [-0.05, 0) is 24.6 Å². The number of halogens is 4. The zero-order chi connectivity index (χ0) is 20.4. The van der Waals surface area contributed by atoms with Crippen LogP contribution in [0.25, 0.3) is 0 Å². The van der Waals surface area contributed by atoms with Crippen LogP contribution < -0.4 is 20.1 Å². The molecule has 1 heterocycles. The summed E-state index contributed by atoms with van der Waals surface area (Å²) in [4.78, 5) is 8.14. The Morgan fingerprint density at radius 3 is 2.41 bits per heavy atom. The molecule has 2 aromatic rings. The molecule has 29 heavy (non-hydrogen) atoms. The summed E-state index contributed by atoms with van der Waals surface area (Å²) in [6.07, 6.45) is -3.51. The second kappa shape index (κ2) is 12.3. The standard InChI is InChI=1S/C19H23F3N4O2.HI/c1-3-27-15-6-4-5-7-16(15)28-17-9-8-14(12-25-17)13-26-18(23-2)24-11-10-19(20,21)22;/h4-9,12H,3,10-11,13H2,1-2H3,(H2,23,24,26);1H. The SMILES string of the molecule is CCOc1ccccc1Oc1ccc(CNC(=NC)NCCC(F)(F)F)cn1.I. The Labute approximate surface area is 184 Å². The number of aliphatic imine (C=N–C) groups is 1. The minimum Gasteiger partial charge on any atom is -0.490 e. The first-order chi connectivity index (χ1) is 13.4. The monoisotopic (exact) mass is 524 g/mol. The lowest BCUT2D eigenvalue weighted by Crippen LogP contribution is -2.38. The maximum absolute atomic E-state index is 12.2. The van der Waals surface area contributed by atoms with Crippen LogP contribution in [0.3, 0.4) is 0 Å². The Morgan fingerprint density at radius 1 is 1.10 bits per heavy atom. The van der Waals surface area contributed by atoms with E-state index in [0.717, 1.165) is 5.56 Å². The van der Waals surface area contributed by atoms with Crippen LogP contribution in [0.4, 0.5) is 13.2 Å². The van der Waals surface area contributed by atoms with Crippen LogP contribution >= 0.6 is 24.0 Å². The van der Waals surface area contributed by atoms with E-state index in [4.69, 9.17) is 9.47 Å². The van der Waals surface area contributed by atoms with Crippen molar-refractivity contribution in [2.75, 3.05) is 20.2 Å². The molecule has 160 valence electrons. The summed E-state index contributed by atoms with van der Waals surface area (Å²) < 4.78 is 47.8. The Balaban J connectivity index is 0.00000420. The van der Waals surface area contributed by atoms with Gasteiger partial charge in [0.15, 0.2) is 17.5 Å². The fraction of sp³-hybridized carbons (Fsp3) is 0.368. The van der Waals surface area contributed by atoms with E-state index in [1.54, 1.807) is 18.3 Å². The van der Waals surface area contributed by atoms with E-state index in [1.165, 1.54) is 7.05 Å². The van der Waals surface area contributed by atoms with E-state index < -0.39 is 12.6 Å². The van der Waals surface area contributed by atoms with Crippen molar-refractivity contribution in [2.24, 2.45) is 4.99 Å². The number of aromatic nitrogens is 1. The minimum atomic E-state index is -4.20. The van der Waals surface area contributed by atoms with Gasteiger partial charge in [-0.2, -0.15) is 13.2 Å². The lowest BCUT2D eigenvalue weighted by atomic mass is 10.3. The molecule has 0 atom stereocenters. The molecular weight excluding hydrogens is 500 g/mol. The summed E-state index contributed by atoms with van der Waals surface area (Å²) >= 11 is 0. The number of pyridine rings is 1. The zero-order valence-corrected chi connectivity index (χ0v) is 18.5. The van der Waals surface area contributed by atoms with Crippen molar-refractivity contribution < 1.29 is 22.6 Å². The van der Waals surface area contributed by atoms with Crippen molar-refractivity contribution in [3.63, 3.8) is 0 Å². The number of nitrogens with zero attached hydrogens (tertiary/aromatic N) is 2. The fourth-order valence-corrected chi connectivity index (χ4v) is 2.23. The molecule has 0 amide bonds. The van der Waals surface area contributed by atoms with Crippen LogP contribution in [0.15, 0.2) is 47.6 Å². The highest BCUT2D eigenvalue weighted by Gasteiger charge is 2.26. The van der Waals surface area contributed by atoms with Gasteiger partial charge in [0.2, 0.25) is 5.88 Å². The molecule has 6 nitrogen and oxygen atoms in total. The Hall–Kier alpha value is -2.24. The maximum Gasteiger partial charge on any atom is 0.390 e. The average molecular weight is 524 g/mol. The van der Waals surface area contributed by atoms with Crippen LogP contribution in [0.5, 0.6) is 17.4 Å². The van der Waals surface area contributed by atoms with Crippen LogP contribution in [0, 0.1) is 0 Å². The number of hydrogen-bond donors (Lipinski definition) is 2. The number of guanidine groups is 1. The molecule has 0 fully saturated rings. The molecule has 0 bridgehead atoms. The van der Waals surface area contributed by atoms with Gasteiger partial charge in [-0.15, -0.1) is 24.0 Å². The van der Waals surface area contributed by atoms with Gasteiger partial charge in [0.05, 0.1) is 13.0 Å². The minimum absolute atomic E-state index is 0. The van der Waals surface area contributed by atoms with Gasteiger partial charge in [0, 0.05) is 32.4 Å². The molecule has 1 aromatic carbocycles. The van der Waals surface area contributed by atoms with Crippen molar-refractivity contribution in [3.8, 4) is 17.4 Å². The topological polar surface area (TPSA) is 67.8 Å². The molecule has 0 aliphatic rings. The summed E-state index contributed by atoms with van der Waals surface area (Å²) in [5, 5.41) is 5.56. The molecular formula is C19H24F3IN4O2. The highest BCUT2D eigenvalue weighted by atomic mass is 127. The Morgan fingerprint density at radius 2 is 1.83 bits per heavy atom. The van der Waals surface area contributed by atoms with Gasteiger partial charge in [-0.25, -0.2) is 4.98 Å². The lowest BCUT2D eigenvalue weighted by molar-refractivity contribution is -0.132. The Bertz CT molecular complexity index is 771. The number of para-hydroxylation sites is 2. The first kappa shape index (κ1) is 24.8. The number of ether oxygens (including phenoxy) is 2. The van der Waals surface area contributed by atoms with E-state index in [-0.39, 0.29) is 36.5 Å². The number of nitrogens with one attached hydrogen (secondary N) is 2. The van der Waals surface area contributed by atoms with E-state index in [2.05, 4.69) is 20.6 Å². The summed E-state index contributed by atoms with van der Waals surface area (Å²) in [7, 11) is 1.49. The van der Waals surface area contributed by atoms with Gasteiger partial charge >= 0.3 is 6.18 Å². The quantitative estimate of drug-likeness (QED) is 0.303. The first-order valence-electron chi connectivity index (χ1n) is 8.77. The van der Waals surface area contributed by atoms with Gasteiger partial charge in [-0.3, -0.25) is 4.99 Å². The second-order valence-corrected chi connectivity index (χ2v) is 5.70. The number of rotatable bonds is 8. The third-order valence-corrected chi connectivity index (χ3v) is 3.55. The maximum atomic E-state index is 12.2. The number of alkyl halides is 3. The van der Waals surface area contributed by atoms with Crippen molar-refractivity contribution in [2.45, 2.75) is 26.1 Å². The predicted molar refractivity (Wildman–Crippen MR) is 116 cm³/mol. The molecule has 0 radical (unpaired) electrons. The largest absolute Gasteiger partial charge is 0.490 e. The highest BCUT2D eigenvalue weighted by molar-refractivity contribution is 14.0. The smallest absolute Gasteiger partial charge is 0.390 e. The second-order valence-electron chi connectivity index (χ2n) is 5.70. The molecule has 2 rings (SSSR count). The number of hydrogen-bond acceptors (Lipinski definition) is 4. The lowest BCUT2D eigenvalue weighted by Gasteiger charge is -2.13. The van der Waals surface area contributed by atoms with Crippen LogP contribution in [-0.4, -0.2) is 37.3 Å². The molecule has 10 heteroatoms. The molecule has 0 aliphatic heterocycles. The third-order valence-electron chi connectivity index (χ3n) is 3.55. The van der Waals surface area contributed by atoms with Crippen LogP contribution in [-0.2, 0) is 6.54 Å². The number of benzene rings is 1. The molecule has 0 saturated heterocycles. The van der Waals surface area contributed by atoms with Gasteiger partial charge in [-0.1, -0.05) is 18.2 Å². The summed E-state index contributed by atoms with van der Waals surface area (Å²) in [6.45, 7) is 2.53. The van der Waals surface area contributed by atoms with E-state index in [1.807, 2.05) is 31.2 Å². The molecule has 0 saturated carbocycles. The van der Waals surface area contributed by atoms with Gasteiger partial charge in [0.1, 0.15) is 0 Å². The molecule has 2 N–H and O–H groups in total. The zero-order valence-electron chi connectivity index (χ0n) is 16.1. The van der Waals surface area contributed by atoms with Gasteiger partial charge in [0.25, 0.3) is 0 Å².